The summed E-state index contributed by atoms with van der Waals surface area (Å²) in [5, 5.41) is 2.75. The van der Waals surface area contributed by atoms with Gasteiger partial charge in [-0.25, -0.2) is 13.6 Å². The number of nitrogens with zero attached hydrogens (tertiary/aromatic N) is 1. The molecule has 0 aromatic heterocycles. The number of hydrogen-bond donors (Lipinski definition) is 1. The van der Waals surface area contributed by atoms with Gasteiger partial charge in [0.2, 0.25) is 0 Å². The van der Waals surface area contributed by atoms with E-state index in [1.807, 2.05) is 13.8 Å². The minimum atomic E-state index is -0.425. The third-order valence-electron chi connectivity index (χ3n) is 3.35. The van der Waals surface area contributed by atoms with E-state index in [9.17, 15) is 13.6 Å². The van der Waals surface area contributed by atoms with Crippen LogP contribution in [0.5, 0.6) is 0 Å². The molecule has 0 spiro atoms. The first kappa shape index (κ1) is 16.1. The van der Waals surface area contributed by atoms with Crippen LogP contribution < -0.4 is 5.32 Å². The van der Waals surface area contributed by atoms with Gasteiger partial charge in [0.15, 0.2) is 0 Å². The van der Waals surface area contributed by atoms with Gasteiger partial charge in [-0.2, -0.15) is 11.8 Å². The lowest BCUT2D eigenvalue weighted by atomic mass is 10.1. The first-order chi connectivity index (χ1) is 9.97. The highest BCUT2D eigenvalue weighted by atomic mass is 32.2. The Morgan fingerprint density at radius 3 is 2.86 bits per heavy atom. The molecule has 116 valence electrons. The number of carbonyl (C=O) groups is 1. The molecule has 3 nitrogen and oxygen atoms in total. The van der Waals surface area contributed by atoms with Gasteiger partial charge in [0, 0.05) is 35.7 Å². The minimum absolute atomic E-state index is 0.0878. The Balaban J connectivity index is 2.03. The van der Waals surface area contributed by atoms with Crippen molar-refractivity contribution in [3.8, 4) is 0 Å². The van der Waals surface area contributed by atoms with E-state index in [0.717, 1.165) is 6.07 Å². The van der Waals surface area contributed by atoms with Gasteiger partial charge >= 0.3 is 6.03 Å². The van der Waals surface area contributed by atoms with Gasteiger partial charge in [-0.05, 0) is 38.5 Å². The summed E-state index contributed by atoms with van der Waals surface area (Å²) in [5.74, 6) is -0.0915. The number of rotatable bonds is 2. The van der Waals surface area contributed by atoms with Crippen molar-refractivity contribution in [2.24, 2.45) is 0 Å². The van der Waals surface area contributed by atoms with Gasteiger partial charge in [0.25, 0.3) is 0 Å². The van der Waals surface area contributed by atoms with Crippen molar-refractivity contribution in [2.45, 2.75) is 31.6 Å². The number of urea groups is 1. The molecule has 1 aromatic carbocycles. The molecule has 1 heterocycles. The Hall–Kier alpha value is -1.30. The van der Waals surface area contributed by atoms with E-state index < -0.39 is 5.82 Å². The molecule has 0 radical (unpaired) electrons. The second-order valence-corrected chi connectivity index (χ2v) is 6.72. The smallest absolute Gasteiger partial charge is 0.317 e. The highest BCUT2D eigenvalue weighted by Gasteiger charge is 2.24. The second kappa shape index (κ2) is 7.11. The molecule has 0 aliphatic carbocycles. The van der Waals surface area contributed by atoms with Crippen LogP contribution in [0.15, 0.2) is 18.2 Å². The number of thioether (sulfide) groups is 1. The maximum absolute atomic E-state index is 13.8. The zero-order valence-corrected chi connectivity index (χ0v) is 13.1. The largest absolute Gasteiger partial charge is 0.336 e. The molecule has 1 fully saturated rings. The molecule has 1 aliphatic rings. The Kier molecular flexibility index (Phi) is 5.45. The van der Waals surface area contributed by atoms with Gasteiger partial charge in [-0.3, -0.25) is 0 Å². The highest BCUT2D eigenvalue weighted by molar-refractivity contribution is 7.99. The highest BCUT2D eigenvalue weighted by Crippen LogP contribution is 2.36. The van der Waals surface area contributed by atoms with Crippen LogP contribution in [0.1, 0.15) is 31.1 Å². The molecule has 2 amide bonds. The summed E-state index contributed by atoms with van der Waals surface area (Å²) < 4.78 is 27.1. The van der Waals surface area contributed by atoms with Gasteiger partial charge in [-0.15, -0.1) is 0 Å². The normalized spacial score (nSPS) is 19.5. The van der Waals surface area contributed by atoms with Gasteiger partial charge in [-0.1, -0.05) is 0 Å². The maximum Gasteiger partial charge on any atom is 0.317 e. The average Bonchev–Trinajstić information content (AvgIpc) is 2.66. The molecule has 2 rings (SSSR count). The van der Waals surface area contributed by atoms with E-state index >= 15 is 0 Å². The zero-order valence-electron chi connectivity index (χ0n) is 12.2. The van der Waals surface area contributed by atoms with Crippen molar-refractivity contribution in [3.63, 3.8) is 0 Å². The van der Waals surface area contributed by atoms with Crippen molar-refractivity contribution in [3.05, 3.63) is 35.4 Å². The van der Waals surface area contributed by atoms with E-state index in [1.165, 1.54) is 12.1 Å². The van der Waals surface area contributed by atoms with Crippen LogP contribution in [-0.2, 0) is 0 Å². The van der Waals surface area contributed by atoms with E-state index in [0.29, 0.717) is 30.8 Å². The molecule has 21 heavy (non-hydrogen) atoms. The van der Waals surface area contributed by atoms with Crippen LogP contribution in [-0.4, -0.2) is 35.8 Å². The fourth-order valence-corrected chi connectivity index (χ4v) is 3.56. The maximum atomic E-state index is 13.8. The second-order valence-electron chi connectivity index (χ2n) is 5.41. The Morgan fingerprint density at radius 2 is 2.14 bits per heavy atom. The molecule has 1 unspecified atom stereocenters. The summed E-state index contributed by atoms with van der Waals surface area (Å²) in [5.41, 5.74) is 0.395. The van der Waals surface area contributed by atoms with Crippen LogP contribution in [0.2, 0.25) is 0 Å². The molecule has 1 aromatic rings. The van der Waals surface area contributed by atoms with Gasteiger partial charge < -0.3 is 10.2 Å². The van der Waals surface area contributed by atoms with Crippen molar-refractivity contribution in [1.82, 2.24) is 10.2 Å². The number of carbonyl (C=O) groups excluding carboxylic acids is 1. The fourth-order valence-electron chi connectivity index (χ4n) is 2.32. The molecule has 0 saturated carbocycles. The lowest BCUT2D eigenvalue weighted by molar-refractivity contribution is 0.198. The van der Waals surface area contributed by atoms with Gasteiger partial charge in [0.05, 0.1) is 0 Å². The lowest BCUT2D eigenvalue weighted by Crippen LogP contribution is -2.43. The fraction of sp³-hybridized carbons (Fsp3) is 0.533. The molecular weight excluding hydrogens is 294 g/mol. The minimum Gasteiger partial charge on any atom is -0.336 e. The molecule has 6 heteroatoms. The summed E-state index contributed by atoms with van der Waals surface area (Å²) in [4.78, 5) is 13.7. The number of amides is 2. The molecule has 1 atom stereocenters. The topological polar surface area (TPSA) is 32.3 Å². The Bertz CT molecular complexity index is 510. The first-order valence-corrected chi connectivity index (χ1v) is 8.14. The van der Waals surface area contributed by atoms with Crippen molar-refractivity contribution in [2.75, 3.05) is 18.8 Å². The Labute approximate surface area is 128 Å². The van der Waals surface area contributed by atoms with Crippen LogP contribution in [0.3, 0.4) is 0 Å². The monoisotopic (exact) mass is 314 g/mol. The molecule has 1 aliphatic heterocycles. The average molecular weight is 314 g/mol. The van der Waals surface area contributed by atoms with Crippen molar-refractivity contribution < 1.29 is 13.6 Å². The summed E-state index contributed by atoms with van der Waals surface area (Å²) in [7, 11) is 0. The van der Waals surface area contributed by atoms with E-state index in [2.05, 4.69) is 5.32 Å². The molecule has 1 N–H and O–H groups in total. The van der Waals surface area contributed by atoms with E-state index in [-0.39, 0.29) is 23.1 Å². The lowest BCUT2D eigenvalue weighted by Gasteiger charge is -2.22. The molecule has 1 saturated heterocycles. The number of nitrogens with one attached hydrogen (secondary N) is 1. The van der Waals surface area contributed by atoms with Crippen molar-refractivity contribution in [1.29, 1.82) is 0 Å². The summed E-state index contributed by atoms with van der Waals surface area (Å²) in [6, 6.07) is 3.55. The third kappa shape index (κ3) is 4.33. The van der Waals surface area contributed by atoms with Crippen LogP contribution in [0.4, 0.5) is 13.6 Å². The third-order valence-corrected chi connectivity index (χ3v) is 4.66. The van der Waals surface area contributed by atoms with Crippen LogP contribution in [0.25, 0.3) is 0 Å². The summed E-state index contributed by atoms with van der Waals surface area (Å²) in [6.07, 6.45) is 0.622. The Morgan fingerprint density at radius 1 is 1.38 bits per heavy atom. The van der Waals surface area contributed by atoms with Crippen molar-refractivity contribution >= 4 is 17.8 Å². The number of benzene rings is 1. The predicted molar refractivity (Wildman–Crippen MR) is 81.4 cm³/mol. The molecule has 0 bridgehead atoms. The standard InChI is InChI=1S/C15H20F2N2OS/c1-10(2)18-15(20)19-6-5-14(21-8-7-19)12-9-11(16)3-4-13(12)17/h3-4,9-10,14H,5-8H2,1-2H3,(H,18,20). The van der Waals surface area contributed by atoms with Crippen LogP contribution in [0, 0.1) is 11.6 Å². The molecular formula is C15H20F2N2OS. The first-order valence-electron chi connectivity index (χ1n) is 7.09. The van der Waals surface area contributed by atoms with E-state index in [4.69, 9.17) is 0 Å². The van der Waals surface area contributed by atoms with Gasteiger partial charge in [0.1, 0.15) is 11.6 Å². The number of halogens is 2. The van der Waals surface area contributed by atoms with Crippen LogP contribution >= 0.6 is 11.8 Å². The summed E-state index contributed by atoms with van der Waals surface area (Å²) >= 11 is 1.57. The predicted octanol–water partition coefficient (Wildman–Crippen LogP) is 3.56. The quantitative estimate of drug-likeness (QED) is 0.905. The number of hydrogen-bond acceptors (Lipinski definition) is 2. The SMILES string of the molecule is CC(C)NC(=O)N1CCSC(c2cc(F)ccc2F)CC1. The summed E-state index contributed by atoms with van der Waals surface area (Å²) in [6.45, 7) is 4.99. The zero-order chi connectivity index (χ0) is 15.4. The van der Waals surface area contributed by atoms with E-state index in [1.54, 1.807) is 16.7 Å².